The molecule has 3 rings (SSSR count). The molecular weight excluding hydrogens is 324 g/mol. The van der Waals surface area contributed by atoms with Crippen molar-refractivity contribution < 1.29 is 19.0 Å². The number of methoxy groups -OCH3 is 1. The Bertz CT molecular complexity index is 890. The third kappa shape index (κ3) is 3.85. The predicted octanol–water partition coefficient (Wildman–Crippen LogP) is 1.99. The Morgan fingerprint density at radius 2 is 1.80 bits per heavy atom. The zero-order chi connectivity index (χ0) is 17.8. The summed E-state index contributed by atoms with van der Waals surface area (Å²) in [6.07, 6.45) is 0. The molecule has 0 aliphatic rings. The minimum absolute atomic E-state index is 0.0225. The van der Waals surface area contributed by atoms with Crippen molar-refractivity contribution in [1.29, 1.82) is 0 Å². The first-order valence-corrected chi connectivity index (χ1v) is 7.72. The molecule has 0 aliphatic heterocycles. The van der Waals surface area contributed by atoms with Gasteiger partial charge in [-0.05, 0) is 44.2 Å². The van der Waals surface area contributed by atoms with E-state index in [1.54, 1.807) is 31.4 Å². The second-order valence-electron chi connectivity index (χ2n) is 5.35. The van der Waals surface area contributed by atoms with Crippen molar-refractivity contribution in [3.8, 4) is 11.5 Å². The maximum atomic E-state index is 12.0. The van der Waals surface area contributed by atoms with E-state index in [0.29, 0.717) is 11.5 Å². The molecule has 0 bridgehead atoms. The molecule has 8 nitrogen and oxygen atoms in total. The van der Waals surface area contributed by atoms with Crippen LogP contribution in [-0.4, -0.2) is 45.9 Å². The van der Waals surface area contributed by atoms with Gasteiger partial charge in [0, 0.05) is 11.4 Å². The molecule has 2 aromatic heterocycles. The number of fused-ring (bicyclic) bond motifs is 1. The highest BCUT2D eigenvalue weighted by Gasteiger charge is 2.16. The van der Waals surface area contributed by atoms with Crippen LogP contribution in [0.25, 0.3) is 5.78 Å². The summed E-state index contributed by atoms with van der Waals surface area (Å²) >= 11 is 0. The summed E-state index contributed by atoms with van der Waals surface area (Å²) in [6.45, 7) is 4.04. The van der Waals surface area contributed by atoms with E-state index in [4.69, 9.17) is 14.2 Å². The van der Waals surface area contributed by atoms with Crippen molar-refractivity contribution in [2.75, 3.05) is 20.3 Å². The quantitative estimate of drug-likeness (QED) is 0.500. The van der Waals surface area contributed by atoms with Crippen LogP contribution in [0.4, 0.5) is 0 Å². The van der Waals surface area contributed by atoms with Crippen molar-refractivity contribution in [1.82, 2.24) is 19.6 Å². The SMILES string of the molecule is COc1ccc(OCCOC(=O)c2nc3nc(C)cc(C)n3n2)cc1. The number of aromatic nitrogens is 4. The number of ether oxygens (including phenoxy) is 3. The van der Waals surface area contributed by atoms with E-state index in [-0.39, 0.29) is 19.0 Å². The maximum absolute atomic E-state index is 12.0. The summed E-state index contributed by atoms with van der Waals surface area (Å²) in [6, 6.07) is 9.00. The zero-order valence-corrected chi connectivity index (χ0v) is 14.2. The second-order valence-corrected chi connectivity index (χ2v) is 5.35. The first-order valence-electron chi connectivity index (χ1n) is 7.72. The van der Waals surface area contributed by atoms with E-state index < -0.39 is 5.97 Å². The number of hydrogen-bond donors (Lipinski definition) is 0. The molecule has 0 radical (unpaired) electrons. The third-order valence-corrected chi connectivity index (χ3v) is 3.45. The van der Waals surface area contributed by atoms with E-state index in [1.807, 2.05) is 19.9 Å². The van der Waals surface area contributed by atoms with Crippen LogP contribution in [0.1, 0.15) is 22.0 Å². The first-order chi connectivity index (χ1) is 12.1. The Labute approximate surface area is 144 Å². The Morgan fingerprint density at radius 1 is 1.08 bits per heavy atom. The fourth-order valence-electron chi connectivity index (χ4n) is 2.28. The molecule has 25 heavy (non-hydrogen) atoms. The molecule has 0 unspecified atom stereocenters. The van der Waals surface area contributed by atoms with Crippen LogP contribution in [0.5, 0.6) is 11.5 Å². The number of carbonyl (C=O) groups is 1. The molecule has 0 fully saturated rings. The summed E-state index contributed by atoms with van der Waals surface area (Å²) in [5.41, 5.74) is 1.65. The van der Waals surface area contributed by atoms with Crippen molar-refractivity contribution in [3.63, 3.8) is 0 Å². The summed E-state index contributed by atoms with van der Waals surface area (Å²) in [7, 11) is 1.60. The van der Waals surface area contributed by atoms with Crippen molar-refractivity contribution in [2.45, 2.75) is 13.8 Å². The van der Waals surface area contributed by atoms with Gasteiger partial charge in [-0.3, -0.25) is 0 Å². The van der Waals surface area contributed by atoms with E-state index in [0.717, 1.165) is 17.1 Å². The molecule has 0 spiro atoms. The molecule has 0 saturated heterocycles. The highest BCUT2D eigenvalue weighted by Crippen LogP contribution is 2.16. The average Bonchev–Trinajstić information content (AvgIpc) is 3.03. The molecule has 0 N–H and O–H groups in total. The van der Waals surface area contributed by atoms with Gasteiger partial charge in [-0.15, -0.1) is 5.10 Å². The number of nitrogens with zero attached hydrogens (tertiary/aromatic N) is 4. The molecule has 2 heterocycles. The van der Waals surface area contributed by atoms with E-state index in [1.165, 1.54) is 4.52 Å². The lowest BCUT2D eigenvalue weighted by Crippen LogP contribution is -2.13. The van der Waals surface area contributed by atoms with Crippen molar-refractivity contribution in [2.24, 2.45) is 0 Å². The minimum Gasteiger partial charge on any atom is -0.497 e. The third-order valence-electron chi connectivity index (χ3n) is 3.45. The minimum atomic E-state index is -0.610. The number of esters is 1. The Balaban J connectivity index is 1.54. The summed E-state index contributed by atoms with van der Waals surface area (Å²) < 4.78 is 17.2. The number of hydrogen-bond acceptors (Lipinski definition) is 7. The molecule has 0 saturated carbocycles. The topological polar surface area (TPSA) is 87.8 Å². The number of rotatable bonds is 6. The summed E-state index contributed by atoms with van der Waals surface area (Å²) in [5.74, 6) is 1.15. The predicted molar refractivity (Wildman–Crippen MR) is 89.0 cm³/mol. The van der Waals surface area contributed by atoms with E-state index in [9.17, 15) is 4.79 Å². The van der Waals surface area contributed by atoms with Crippen LogP contribution < -0.4 is 9.47 Å². The fraction of sp³-hybridized carbons (Fsp3) is 0.294. The Kier molecular flexibility index (Phi) is 4.78. The molecule has 0 amide bonds. The van der Waals surface area contributed by atoms with Gasteiger partial charge in [0.05, 0.1) is 7.11 Å². The van der Waals surface area contributed by atoms with Crippen molar-refractivity contribution in [3.05, 3.63) is 47.5 Å². The van der Waals surface area contributed by atoms with Gasteiger partial charge in [-0.1, -0.05) is 0 Å². The Morgan fingerprint density at radius 3 is 2.52 bits per heavy atom. The molecule has 1 aromatic carbocycles. The molecular formula is C17H18N4O4. The molecule has 0 atom stereocenters. The highest BCUT2D eigenvalue weighted by molar-refractivity contribution is 5.85. The highest BCUT2D eigenvalue weighted by atomic mass is 16.6. The van der Waals surface area contributed by atoms with Crippen LogP contribution in [0.2, 0.25) is 0 Å². The largest absolute Gasteiger partial charge is 0.497 e. The van der Waals surface area contributed by atoms with Crippen LogP contribution in [-0.2, 0) is 4.74 Å². The number of aryl methyl sites for hydroxylation is 2. The lowest BCUT2D eigenvalue weighted by molar-refractivity contribution is 0.0436. The van der Waals surface area contributed by atoms with Gasteiger partial charge < -0.3 is 14.2 Å². The molecule has 3 aromatic rings. The monoisotopic (exact) mass is 342 g/mol. The van der Waals surface area contributed by atoms with Gasteiger partial charge in [0.15, 0.2) is 0 Å². The van der Waals surface area contributed by atoms with Gasteiger partial charge >= 0.3 is 5.97 Å². The standard InChI is InChI=1S/C17H18N4O4/c1-11-10-12(2)21-17(18-11)19-15(20-21)16(22)25-9-8-24-14-6-4-13(23-3)5-7-14/h4-7,10H,8-9H2,1-3H3. The van der Waals surface area contributed by atoms with Crippen LogP contribution >= 0.6 is 0 Å². The molecule has 0 aliphatic carbocycles. The maximum Gasteiger partial charge on any atom is 0.378 e. The number of carbonyl (C=O) groups excluding carboxylic acids is 1. The van der Waals surface area contributed by atoms with Gasteiger partial charge in [-0.2, -0.15) is 4.98 Å². The summed E-state index contributed by atoms with van der Waals surface area (Å²) in [5, 5.41) is 4.12. The van der Waals surface area contributed by atoms with E-state index >= 15 is 0 Å². The van der Waals surface area contributed by atoms with Gasteiger partial charge in [0.1, 0.15) is 24.7 Å². The normalized spacial score (nSPS) is 10.7. The van der Waals surface area contributed by atoms with Crippen molar-refractivity contribution >= 4 is 11.7 Å². The first kappa shape index (κ1) is 16.7. The second kappa shape index (κ2) is 7.16. The smallest absolute Gasteiger partial charge is 0.378 e. The van der Waals surface area contributed by atoms with Gasteiger partial charge in [0.2, 0.25) is 0 Å². The van der Waals surface area contributed by atoms with Gasteiger partial charge in [-0.25, -0.2) is 14.3 Å². The lowest BCUT2D eigenvalue weighted by Gasteiger charge is -2.07. The summed E-state index contributed by atoms with van der Waals surface area (Å²) in [4.78, 5) is 20.4. The van der Waals surface area contributed by atoms with Crippen LogP contribution in [0.15, 0.2) is 30.3 Å². The molecule has 130 valence electrons. The Hall–Kier alpha value is -3.16. The van der Waals surface area contributed by atoms with Crippen LogP contribution in [0.3, 0.4) is 0 Å². The fourth-order valence-corrected chi connectivity index (χ4v) is 2.28. The molecule has 8 heteroatoms. The van der Waals surface area contributed by atoms with E-state index in [2.05, 4.69) is 15.1 Å². The van der Waals surface area contributed by atoms with Gasteiger partial charge in [0.25, 0.3) is 11.6 Å². The average molecular weight is 342 g/mol. The lowest BCUT2D eigenvalue weighted by atomic mass is 10.3. The number of benzene rings is 1. The zero-order valence-electron chi connectivity index (χ0n) is 14.2. The van der Waals surface area contributed by atoms with Crippen LogP contribution in [0, 0.1) is 13.8 Å².